The van der Waals surface area contributed by atoms with Crippen LogP contribution in [0.1, 0.15) is 19.3 Å². The van der Waals surface area contributed by atoms with Crippen molar-refractivity contribution in [3.63, 3.8) is 0 Å². The highest BCUT2D eigenvalue weighted by Crippen LogP contribution is 2.30. The van der Waals surface area contributed by atoms with E-state index in [1.165, 1.54) is 19.3 Å². The SMILES string of the molecule is CSC1CCCC1Nc1ccc(Cl)cn1. The first kappa shape index (κ1) is 11.1. The minimum Gasteiger partial charge on any atom is -0.366 e. The fourth-order valence-electron chi connectivity index (χ4n) is 2.02. The Bertz CT molecular complexity index is 315. The van der Waals surface area contributed by atoms with Crippen LogP contribution >= 0.6 is 23.4 Å². The highest BCUT2D eigenvalue weighted by Gasteiger charge is 2.26. The Morgan fingerprint density at radius 1 is 1.47 bits per heavy atom. The van der Waals surface area contributed by atoms with Crippen LogP contribution in [0.2, 0.25) is 5.02 Å². The maximum atomic E-state index is 5.79. The Labute approximate surface area is 99.8 Å². The number of thioether (sulfide) groups is 1. The van der Waals surface area contributed by atoms with Gasteiger partial charge in [-0.3, -0.25) is 0 Å². The first-order chi connectivity index (χ1) is 7.29. The van der Waals surface area contributed by atoms with Crippen molar-refractivity contribution in [1.82, 2.24) is 4.98 Å². The van der Waals surface area contributed by atoms with Gasteiger partial charge in [0.05, 0.1) is 5.02 Å². The van der Waals surface area contributed by atoms with E-state index in [0.29, 0.717) is 11.1 Å². The van der Waals surface area contributed by atoms with Gasteiger partial charge in [0.1, 0.15) is 5.82 Å². The van der Waals surface area contributed by atoms with Crippen molar-refractivity contribution in [3.05, 3.63) is 23.4 Å². The Balaban J connectivity index is 1.99. The van der Waals surface area contributed by atoms with Crippen molar-refractivity contribution < 1.29 is 0 Å². The molecule has 1 aliphatic carbocycles. The number of pyridine rings is 1. The maximum Gasteiger partial charge on any atom is 0.126 e. The number of aromatic nitrogens is 1. The topological polar surface area (TPSA) is 24.9 Å². The lowest BCUT2D eigenvalue weighted by Gasteiger charge is -2.19. The molecular formula is C11H15ClN2S. The lowest BCUT2D eigenvalue weighted by atomic mass is 10.2. The van der Waals surface area contributed by atoms with Gasteiger partial charge in [-0.25, -0.2) is 4.98 Å². The highest BCUT2D eigenvalue weighted by atomic mass is 35.5. The third-order valence-electron chi connectivity index (χ3n) is 2.82. The smallest absolute Gasteiger partial charge is 0.126 e. The van der Waals surface area contributed by atoms with Gasteiger partial charge in [-0.05, 0) is 31.2 Å². The van der Waals surface area contributed by atoms with Gasteiger partial charge in [0.25, 0.3) is 0 Å². The predicted octanol–water partition coefficient (Wildman–Crippen LogP) is 3.43. The van der Waals surface area contributed by atoms with Gasteiger partial charge in [-0.15, -0.1) is 0 Å². The van der Waals surface area contributed by atoms with Crippen LogP contribution < -0.4 is 5.32 Å². The first-order valence-corrected chi connectivity index (χ1v) is 6.87. The molecule has 1 fully saturated rings. The Kier molecular flexibility index (Phi) is 3.76. The van der Waals surface area contributed by atoms with Gasteiger partial charge >= 0.3 is 0 Å². The molecule has 0 spiro atoms. The number of rotatable bonds is 3. The van der Waals surface area contributed by atoms with Crippen LogP contribution in [0.5, 0.6) is 0 Å². The van der Waals surface area contributed by atoms with E-state index >= 15 is 0 Å². The second kappa shape index (κ2) is 5.08. The third-order valence-corrected chi connectivity index (χ3v) is 4.21. The summed E-state index contributed by atoms with van der Waals surface area (Å²) in [5.41, 5.74) is 0. The summed E-state index contributed by atoms with van der Waals surface area (Å²) in [6, 6.07) is 4.38. The second-order valence-corrected chi connectivity index (χ2v) is 5.33. The number of hydrogen-bond acceptors (Lipinski definition) is 3. The first-order valence-electron chi connectivity index (χ1n) is 5.20. The lowest BCUT2D eigenvalue weighted by Crippen LogP contribution is -2.26. The molecule has 2 atom stereocenters. The van der Waals surface area contributed by atoms with E-state index < -0.39 is 0 Å². The second-order valence-electron chi connectivity index (χ2n) is 3.82. The van der Waals surface area contributed by atoms with Gasteiger partial charge < -0.3 is 5.32 Å². The summed E-state index contributed by atoms with van der Waals surface area (Å²) >= 11 is 7.74. The fourth-order valence-corrected chi connectivity index (χ4v) is 3.07. The molecule has 1 N–H and O–H groups in total. The van der Waals surface area contributed by atoms with E-state index in [1.807, 2.05) is 23.9 Å². The molecule has 82 valence electrons. The molecule has 0 aromatic carbocycles. The normalized spacial score (nSPS) is 25.5. The summed E-state index contributed by atoms with van der Waals surface area (Å²) in [6.45, 7) is 0. The van der Waals surface area contributed by atoms with Crippen molar-refractivity contribution in [2.45, 2.75) is 30.6 Å². The quantitative estimate of drug-likeness (QED) is 0.879. The molecule has 1 saturated carbocycles. The highest BCUT2D eigenvalue weighted by molar-refractivity contribution is 7.99. The molecule has 1 aromatic rings. The maximum absolute atomic E-state index is 5.79. The zero-order valence-electron chi connectivity index (χ0n) is 8.74. The number of hydrogen-bond donors (Lipinski definition) is 1. The molecule has 2 nitrogen and oxygen atoms in total. The van der Waals surface area contributed by atoms with Crippen LogP contribution in [-0.2, 0) is 0 Å². The molecule has 2 rings (SSSR count). The lowest BCUT2D eigenvalue weighted by molar-refractivity contribution is 0.763. The molecule has 15 heavy (non-hydrogen) atoms. The summed E-state index contributed by atoms with van der Waals surface area (Å²) in [5.74, 6) is 0.936. The van der Waals surface area contributed by atoms with Gasteiger partial charge in [0, 0.05) is 17.5 Å². The molecular weight excluding hydrogens is 228 g/mol. The summed E-state index contributed by atoms with van der Waals surface area (Å²) < 4.78 is 0. The van der Waals surface area contributed by atoms with E-state index in [-0.39, 0.29) is 0 Å². The molecule has 0 saturated heterocycles. The van der Waals surface area contributed by atoms with E-state index in [0.717, 1.165) is 11.1 Å². The Morgan fingerprint density at radius 3 is 3.00 bits per heavy atom. The van der Waals surface area contributed by atoms with Gasteiger partial charge in [-0.1, -0.05) is 18.0 Å². The minimum atomic E-state index is 0.564. The molecule has 0 amide bonds. The van der Waals surface area contributed by atoms with E-state index in [9.17, 15) is 0 Å². The largest absolute Gasteiger partial charge is 0.366 e. The van der Waals surface area contributed by atoms with Crippen molar-refractivity contribution in [1.29, 1.82) is 0 Å². The van der Waals surface area contributed by atoms with E-state index in [1.54, 1.807) is 6.20 Å². The van der Waals surface area contributed by atoms with Crippen LogP contribution in [0.25, 0.3) is 0 Å². The zero-order valence-corrected chi connectivity index (χ0v) is 10.3. The molecule has 1 aromatic heterocycles. The van der Waals surface area contributed by atoms with E-state index in [2.05, 4.69) is 16.6 Å². The predicted molar refractivity (Wildman–Crippen MR) is 67.8 cm³/mol. The van der Waals surface area contributed by atoms with Gasteiger partial charge in [-0.2, -0.15) is 11.8 Å². The number of nitrogens with zero attached hydrogens (tertiary/aromatic N) is 1. The van der Waals surface area contributed by atoms with Crippen LogP contribution in [0.15, 0.2) is 18.3 Å². The summed E-state index contributed by atoms with van der Waals surface area (Å²) in [5, 5.41) is 4.89. The summed E-state index contributed by atoms with van der Waals surface area (Å²) in [6.07, 6.45) is 7.74. The number of nitrogens with one attached hydrogen (secondary N) is 1. The summed E-state index contributed by atoms with van der Waals surface area (Å²) in [4.78, 5) is 4.26. The summed E-state index contributed by atoms with van der Waals surface area (Å²) in [7, 11) is 0. The average molecular weight is 243 g/mol. The van der Waals surface area contributed by atoms with Crippen molar-refractivity contribution >= 4 is 29.2 Å². The fraction of sp³-hybridized carbons (Fsp3) is 0.545. The van der Waals surface area contributed by atoms with Crippen molar-refractivity contribution in [3.8, 4) is 0 Å². The third kappa shape index (κ3) is 2.79. The average Bonchev–Trinajstić information content (AvgIpc) is 2.69. The minimum absolute atomic E-state index is 0.564. The van der Waals surface area contributed by atoms with Crippen molar-refractivity contribution in [2.75, 3.05) is 11.6 Å². The molecule has 0 bridgehead atoms. The number of anilines is 1. The molecule has 0 radical (unpaired) electrons. The van der Waals surface area contributed by atoms with Crippen molar-refractivity contribution in [2.24, 2.45) is 0 Å². The molecule has 0 aliphatic heterocycles. The molecule has 1 heterocycles. The van der Waals surface area contributed by atoms with Crippen LogP contribution in [0, 0.1) is 0 Å². The van der Waals surface area contributed by atoms with Gasteiger partial charge in [0.15, 0.2) is 0 Å². The monoisotopic (exact) mass is 242 g/mol. The van der Waals surface area contributed by atoms with E-state index in [4.69, 9.17) is 11.6 Å². The van der Waals surface area contributed by atoms with Crippen LogP contribution in [-0.4, -0.2) is 22.5 Å². The van der Waals surface area contributed by atoms with Crippen LogP contribution in [0.3, 0.4) is 0 Å². The zero-order chi connectivity index (χ0) is 10.7. The molecule has 4 heteroatoms. The standard InChI is InChI=1S/C11H15ClN2S/c1-15-10-4-2-3-9(10)14-11-6-5-8(12)7-13-11/h5-7,9-10H,2-4H2,1H3,(H,13,14). The Morgan fingerprint density at radius 2 is 2.33 bits per heavy atom. The van der Waals surface area contributed by atoms with Crippen LogP contribution in [0.4, 0.5) is 5.82 Å². The molecule has 2 unspecified atom stereocenters. The Hall–Kier alpha value is -0.410. The number of halogens is 1. The molecule has 1 aliphatic rings. The van der Waals surface area contributed by atoms with Gasteiger partial charge in [0.2, 0.25) is 0 Å².